The molecule has 1 aromatic rings. The molecule has 2 nitrogen and oxygen atoms in total. The second-order valence-electron chi connectivity index (χ2n) is 2.37. The van der Waals surface area contributed by atoms with E-state index in [-0.39, 0.29) is 0 Å². The van der Waals surface area contributed by atoms with Gasteiger partial charge in [-0.15, -0.1) is 0 Å². The molecule has 0 aliphatic heterocycles. The van der Waals surface area contributed by atoms with Crippen LogP contribution >= 0.6 is 0 Å². The Labute approximate surface area is 78.5 Å². The van der Waals surface area contributed by atoms with Crippen molar-refractivity contribution in [3.63, 3.8) is 0 Å². The van der Waals surface area contributed by atoms with Gasteiger partial charge in [-0.3, -0.25) is 0 Å². The van der Waals surface area contributed by atoms with E-state index in [4.69, 9.17) is 4.79 Å². The van der Waals surface area contributed by atoms with Crippen LogP contribution in [0.25, 0.3) is 6.08 Å². The lowest BCUT2D eigenvalue weighted by Crippen LogP contribution is -1.71. The summed E-state index contributed by atoms with van der Waals surface area (Å²) in [5.74, 6) is 0.345. The number of benzene rings is 1. The van der Waals surface area contributed by atoms with Crippen molar-refractivity contribution in [2.75, 3.05) is 0 Å². The molecule has 0 aliphatic carbocycles. The third kappa shape index (κ3) is 4.11. The predicted molar refractivity (Wildman–Crippen MR) is 54.6 cm³/mol. The zero-order chi connectivity index (χ0) is 10.1. The zero-order valence-electron chi connectivity index (χ0n) is 7.73. The van der Waals surface area contributed by atoms with Gasteiger partial charge in [-0.2, -0.15) is 0 Å². The van der Waals surface area contributed by atoms with Crippen molar-refractivity contribution in [2.24, 2.45) is 0 Å². The number of carbonyl (C=O) groups excluding carboxylic acids is 1. The largest absolute Gasteiger partial charge is 0.507 e. The van der Waals surface area contributed by atoms with E-state index in [9.17, 15) is 5.11 Å². The van der Waals surface area contributed by atoms with Crippen molar-refractivity contribution in [1.82, 2.24) is 0 Å². The predicted octanol–water partition coefficient (Wildman–Crippen LogP) is 2.63. The first-order valence-corrected chi connectivity index (χ1v) is 4.08. The van der Waals surface area contributed by atoms with Crippen LogP contribution in [0, 0.1) is 0 Å². The SMILES string of the molecule is C=O.CCC=Cc1ccccc1O. The standard InChI is InChI=1S/C10H12O.CH2O/c1-2-3-6-9-7-4-5-8-10(9)11;1-2/h3-8,11H,2H2,1H3;1H2. The maximum absolute atomic E-state index is 9.29. The second-order valence-corrected chi connectivity index (χ2v) is 2.37. The van der Waals surface area contributed by atoms with Crippen LogP contribution in [-0.2, 0) is 4.79 Å². The fourth-order valence-electron chi connectivity index (χ4n) is 0.873. The molecule has 70 valence electrons. The molecule has 2 heteroatoms. The molecule has 1 N–H and O–H groups in total. The first kappa shape index (κ1) is 11.4. The summed E-state index contributed by atoms with van der Waals surface area (Å²) in [6, 6.07) is 7.31. The Kier molecular flexibility index (Phi) is 6.24. The summed E-state index contributed by atoms with van der Waals surface area (Å²) in [5.41, 5.74) is 0.884. The lowest BCUT2D eigenvalue weighted by atomic mass is 10.2. The number of hydrogen-bond donors (Lipinski definition) is 1. The minimum Gasteiger partial charge on any atom is -0.507 e. The summed E-state index contributed by atoms with van der Waals surface area (Å²) in [6.45, 7) is 4.07. The Morgan fingerprint density at radius 2 is 2.00 bits per heavy atom. The molecule has 0 fully saturated rings. The van der Waals surface area contributed by atoms with E-state index < -0.39 is 0 Å². The van der Waals surface area contributed by atoms with Crippen LogP contribution in [0.4, 0.5) is 0 Å². The van der Waals surface area contributed by atoms with Gasteiger partial charge in [0.1, 0.15) is 12.5 Å². The Morgan fingerprint density at radius 3 is 2.54 bits per heavy atom. The van der Waals surface area contributed by atoms with Gasteiger partial charge in [-0.05, 0) is 12.5 Å². The van der Waals surface area contributed by atoms with Crippen molar-refractivity contribution in [2.45, 2.75) is 13.3 Å². The molecule has 0 heterocycles. The van der Waals surface area contributed by atoms with Crippen molar-refractivity contribution in [3.05, 3.63) is 35.9 Å². The third-order valence-electron chi connectivity index (χ3n) is 1.47. The lowest BCUT2D eigenvalue weighted by molar-refractivity contribution is -0.0979. The van der Waals surface area contributed by atoms with E-state index in [2.05, 4.69) is 6.92 Å². The van der Waals surface area contributed by atoms with Crippen LogP contribution in [0.2, 0.25) is 0 Å². The molecule has 0 radical (unpaired) electrons. The summed E-state index contributed by atoms with van der Waals surface area (Å²) in [7, 11) is 0. The summed E-state index contributed by atoms with van der Waals surface area (Å²) >= 11 is 0. The molecule has 0 bridgehead atoms. The number of para-hydroxylation sites is 1. The minimum absolute atomic E-state index is 0.345. The third-order valence-corrected chi connectivity index (χ3v) is 1.47. The van der Waals surface area contributed by atoms with E-state index in [1.807, 2.05) is 37.1 Å². The van der Waals surface area contributed by atoms with Crippen molar-refractivity contribution < 1.29 is 9.90 Å². The molecule has 0 aromatic heterocycles. The Hall–Kier alpha value is -1.57. The normalized spacial score (nSPS) is 9.31. The number of carbonyl (C=O) groups is 1. The first-order valence-electron chi connectivity index (χ1n) is 4.08. The molecule has 0 saturated heterocycles. The number of rotatable bonds is 2. The minimum atomic E-state index is 0.345. The average molecular weight is 178 g/mol. The van der Waals surface area contributed by atoms with Crippen LogP contribution in [0.5, 0.6) is 5.75 Å². The maximum Gasteiger partial charge on any atom is 0.122 e. The lowest BCUT2D eigenvalue weighted by Gasteiger charge is -1.95. The van der Waals surface area contributed by atoms with Gasteiger partial charge in [-0.1, -0.05) is 37.3 Å². The quantitative estimate of drug-likeness (QED) is 0.755. The average Bonchev–Trinajstić information content (AvgIpc) is 2.20. The Bertz CT molecular complexity index is 267. The molecule has 0 atom stereocenters. The highest BCUT2D eigenvalue weighted by Crippen LogP contribution is 2.16. The van der Waals surface area contributed by atoms with Crippen LogP contribution in [0.15, 0.2) is 30.3 Å². The second kappa shape index (κ2) is 7.10. The van der Waals surface area contributed by atoms with E-state index in [1.54, 1.807) is 6.07 Å². The van der Waals surface area contributed by atoms with Crippen LogP contribution in [-0.4, -0.2) is 11.9 Å². The van der Waals surface area contributed by atoms with E-state index >= 15 is 0 Å². The summed E-state index contributed by atoms with van der Waals surface area (Å²) < 4.78 is 0. The Morgan fingerprint density at radius 1 is 1.38 bits per heavy atom. The number of hydrogen-bond acceptors (Lipinski definition) is 2. The molecule has 0 aliphatic rings. The van der Waals surface area contributed by atoms with Gasteiger partial charge < -0.3 is 9.90 Å². The van der Waals surface area contributed by atoms with Crippen molar-refractivity contribution >= 4 is 12.9 Å². The summed E-state index contributed by atoms with van der Waals surface area (Å²) in [5, 5.41) is 9.29. The van der Waals surface area contributed by atoms with Gasteiger partial charge >= 0.3 is 0 Å². The van der Waals surface area contributed by atoms with E-state index in [1.165, 1.54) is 0 Å². The maximum atomic E-state index is 9.29. The highest BCUT2D eigenvalue weighted by atomic mass is 16.3. The number of phenolic OH excluding ortho intramolecular Hbond substituents is 1. The highest BCUT2D eigenvalue weighted by molar-refractivity contribution is 5.56. The van der Waals surface area contributed by atoms with Crippen LogP contribution < -0.4 is 0 Å². The zero-order valence-corrected chi connectivity index (χ0v) is 7.73. The first-order chi connectivity index (χ1) is 6.34. The number of phenols is 1. The van der Waals surface area contributed by atoms with E-state index in [0.717, 1.165) is 12.0 Å². The van der Waals surface area contributed by atoms with Crippen molar-refractivity contribution in [1.29, 1.82) is 0 Å². The molecular formula is C11H14O2. The van der Waals surface area contributed by atoms with Gasteiger partial charge in [0.15, 0.2) is 0 Å². The number of allylic oxidation sites excluding steroid dienone is 1. The highest BCUT2D eigenvalue weighted by Gasteiger charge is 1.91. The monoisotopic (exact) mass is 178 g/mol. The molecule has 0 spiro atoms. The van der Waals surface area contributed by atoms with Gasteiger partial charge in [0.25, 0.3) is 0 Å². The molecular weight excluding hydrogens is 164 g/mol. The fraction of sp³-hybridized carbons (Fsp3) is 0.182. The molecule has 0 amide bonds. The summed E-state index contributed by atoms with van der Waals surface area (Å²) in [6.07, 6.45) is 4.94. The Balaban J connectivity index is 0.000000671. The van der Waals surface area contributed by atoms with Gasteiger partial charge in [0.2, 0.25) is 0 Å². The topological polar surface area (TPSA) is 37.3 Å². The van der Waals surface area contributed by atoms with Crippen molar-refractivity contribution in [3.8, 4) is 5.75 Å². The van der Waals surface area contributed by atoms with E-state index in [0.29, 0.717) is 5.75 Å². The van der Waals surface area contributed by atoms with Gasteiger partial charge in [0, 0.05) is 5.56 Å². The molecule has 1 aromatic carbocycles. The van der Waals surface area contributed by atoms with Crippen LogP contribution in [0.3, 0.4) is 0 Å². The summed E-state index contributed by atoms with van der Waals surface area (Å²) in [4.78, 5) is 8.00. The fourth-order valence-corrected chi connectivity index (χ4v) is 0.873. The molecule has 1 rings (SSSR count). The van der Waals surface area contributed by atoms with Gasteiger partial charge in [0.05, 0.1) is 0 Å². The van der Waals surface area contributed by atoms with Gasteiger partial charge in [-0.25, -0.2) is 0 Å². The number of aromatic hydroxyl groups is 1. The molecule has 0 unspecified atom stereocenters. The van der Waals surface area contributed by atoms with Crippen LogP contribution in [0.1, 0.15) is 18.9 Å². The molecule has 13 heavy (non-hydrogen) atoms. The smallest absolute Gasteiger partial charge is 0.122 e. The molecule has 0 saturated carbocycles.